The molecule has 1 aliphatic heterocycles. The van der Waals surface area contributed by atoms with Crippen molar-refractivity contribution in [1.82, 2.24) is 0 Å². The number of carbonyl (C=O) groups excluding carboxylic acids is 1. The molecule has 3 rings (SSSR count). The summed E-state index contributed by atoms with van der Waals surface area (Å²) in [5.41, 5.74) is 1.61. The Balaban J connectivity index is 2.03. The first-order valence-electron chi connectivity index (χ1n) is 8.77. The van der Waals surface area contributed by atoms with Crippen LogP contribution in [0.5, 0.6) is 0 Å². The number of sulfonamides is 1. The van der Waals surface area contributed by atoms with E-state index in [0.717, 1.165) is 5.69 Å². The summed E-state index contributed by atoms with van der Waals surface area (Å²) in [7, 11) is -2.17. The summed E-state index contributed by atoms with van der Waals surface area (Å²) in [6.07, 6.45) is 0. The summed E-state index contributed by atoms with van der Waals surface area (Å²) in [5, 5.41) is 0. The number of benzene rings is 2. The van der Waals surface area contributed by atoms with Gasteiger partial charge >= 0.3 is 0 Å². The van der Waals surface area contributed by atoms with Gasteiger partial charge in [0.25, 0.3) is 15.9 Å². The lowest BCUT2D eigenvalue weighted by Gasteiger charge is -2.31. The Morgan fingerprint density at radius 1 is 1.15 bits per heavy atom. The van der Waals surface area contributed by atoms with E-state index in [0.29, 0.717) is 29.5 Å². The summed E-state index contributed by atoms with van der Waals surface area (Å²) in [4.78, 5) is 16.3. The lowest BCUT2D eigenvalue weighted by Crippen LogP contribution is -2.37. The van der Waals surface area contributed by atoms with Crippen LogP contribution < -0.4 is 9.80 Å². The van der Waals surface area contributed by atoms with Gasteiger partial charge in [-0.1, -0.05) is 32.0 Å². The fraction of sp³-hybridized carbons (Fsp3) is 0.300. The van der Waals surface area contributed by atoms with Gasteiger partial charge in [0, 0.05) is 24.8 Å². The Labute approximate surface area is 160 Å². The molecule has 0 saturated carbocycles. The molecule has 1 aliphatic rings. The number of rotatable bonds is 4. The largest absolute Gasteiger partial charge is 0.328 e. The van der Waals surface area contributed by atoms with Crippen LogP contribution in [0.4, 0.5) is 11.4 Å². The average molecular weight is 385 g/mol. The zero-order valence-corrected chi connectivity index (χ0v) is 16.7. The highest BCUT2D eigenvalue weighted by atomic mass is 32.2. The Morgan fingerprint density at radius 3 is 2.44 bits per heavy atom. The molecule has 0 unspecified atom stereocenters. The van der Waals surface area contributed by atoms with Crippen LogP contribution >= 0.6 is 0 Å². The standard InChI is InChI=1S/C20H23N3O3S/c1-14(2)13-23-15(3)21-27(25,26)19-12-16(10-11-18(19)23)20(24)22(4)17-8-6-5-7-9-17/h5-12,14H,13H2,1-4H3. The average Bonchev–Trinajstić information content (AvgIpc) is 2.64. The maximum absolute atomic E-state index is 12.8. The van der Waals surface area contributed by atoms with Crippen molar-refractivity contribution in [2.75, 3.05) is 23.4 Å². The van der Waals surface area contributed by atoms with Gasteiger partial charge in [-0.3, -0.25) is 4.79 Å². The zero-order valence-electron chi connectivity index (χ0n) is 15.9. The SMILES string of the molecule is CC1=NS(=O)(=O)c2cc(C(=O)N(C)c3ccccc3)ccc2N1CC(C)C. The Kier molecular flexibility index (Phi) is 5.06. The molecule has 142 valence electrons. The molecule has 7 heteroatoms. The van der Waals surface area contributed by atoms with Gasteiger partial charge < -0.3 is 9.80 Å². The van der Waals surface area contributed by atoms with Gasteiger partial charge in [0.1, 0.15) is 10.7 Å². The second kappa shape index (κ2) is 7.15. The minimum Gasteiger partial charge on any atom is -0.328 e. The number of para-hydroxylation sites is 1. The van der Waals surface area contributed by atoms with E-state index in [1.165, 1.54) is 11.0 Å². The highest BCUT2D eigenvalue weighted by Crippen LogP contribution is 2.33. The highest BCUT2D eigenvalue weighted by molar-refractivity contribution is 7.90. The molecule has 0 saturated heterocycles. The van der Waals surface area contributed by atoms with E-state index in [1.807, 2.05) is 35.2 Å². The third-order valence-electron chi connectivity index (χ3n) is 4.41. The minimum absolute atomic E-state index is 0.0704. The summed E-state index contributed by atoms with van der Waals surface area (Å²) < 4.78 is 29.1. The van der Waals surface area contributed by atoms with E-state index in [2.05, 4.69) is 18.2 Å². The van der Waals surface area contributed by atoms with Crippen LogP contribution in [0.2, 0.25) is 0 Å². The molecule has 1 amide bonds. The van der Waals surface area contributed by atoms with E-state index in [1.54, 1.807) is 26.1 Å². The van der Waals surface area contributed by atoms with Gasteiger partial charge in [0.2, 0.25) is 0 Å². The Morgan fingerprint density at radius 2 is 1.81 bits per heavy atom. The molecule has 0 N–H and O–H groups in total. The van der Waals surface area contributed by atoms with E-state index in [-0.39, 0.29) is 10.8 Å². The van der Waals surface area contributed by atoms with E-state index < -0.39 is 10.0 Å². The predicted octanol–water partition coefficient (Wildman–Crippen LogP) is 3.55. The number of fused-ring (bicyclic) bond motifs is 1. The molecule has 0 aromatic heterocycles. The van der Waals surface area contributed by atoms with Gasteiger partial charge in [-0.15, -0.1) is 4.40 Å². The Bertz CT molecular complexity index is 998. The van der Waals surface area contributed by atoms with Crippen LogP contribution in [-0.4, -0.2) is 33.8 Å². The Hall–Kier alpha value is -2.67. The first-order chi connectivity index (χ1) is 12.7. The summed E-state index contributed by atoms with van der Waals surface area (Å²) >= 11 is 0. The molecule has 0 bridgehead atoms. The molecule has 0 spiro atoms. The molecule has 2 aromatic rings. The number of amides is 1. The number of amidine groups is 1. The van der Waals surface area contributed by atoms with E-state index in [9.17, 15) is 13.2 Å². The van der Waals surface area contributed by atoms with Crippen molar-refractivity contribution in [3.63, 3.8) is 0 Å². The van der Waals surface area contributed by atoms with Crippen LogP contribution in [0.25, 0.3) is 0 Å². The first-order valence-corrected chi connectivity index (χ1v) is 10.2. The molecule has 1 heterocycles. The molecule has 27 heavy (non-hydrogen) atoms. The summed E-state index contributed by atoms with van der Waals surface area (Å²) in [5.74, 6) is 0.492. The first kappa shape index (κ1) is 19.1. The normalized spacial score (nSPS) is 15.3. The maximum Gasteiger partial charge on any atom is 0.286 e. The smallest absolute Gasteiger partial charge is 0.286 e. The van der Waals surface area contributed by atoms with Crippen LogP contribution in [0, 0.1) is 5.92 Å². The fourth-order valence-electron chi connectivity index (χ4n) is 3.08. The van der Waals surface area contributed by atoms with Crippen LogP contribution in [-0.2, 0) is 10.0 Å². The van der Waals surface area contributed by atoms with E-state index in [4.69, 9.17) is 0 Å². The quantitative estimate of drug-likeness (QED) is 0.807. The lowest BCUT2D eigenvalue weighted by atomic mass is 10.1. The molecular formula is C20H23N3O3S. The molecule has 0 radical (unpaired) electrons. The highest BCUT2D eigenvalue weighted by Gasteiger charge is 2.30. The van der Waals surface area contributed by atoms with Gasteiger partial charge in [0.05, 0.1) is 5.69 Å². The molecule has 2 aromatic carbocycles. The number of anilines is 2. The van der Waals surface area contributed by atoms with Gasteiger partial charge in [0.15, 0.2) is 0 Å². The van der Waals surface area contributed by atoms with Gasteiger partial charge in [-0.25, -0.2) is 0 Å². The number of hydrogen-bond donors (Lipinski definition) is 0. The van der Waals surface area contributed by atoms with Crippen LogP contribution in [0.1, 0.15) is 31.1 Å². The van der Waals surface area contributed by atoms with Crippen molar-refractivity contribution < 1.29 is 13.2 Å². The second-order valence-electron chi connectivity index (χ2n) is 7.00. The number of carbonyl (C=O) groups is 1. The van der Waals surface area contributed by atoms with Gasteiger partial charge in [-0.2, -0.15) is 8.42 Å². The lowest BCUT2D eigenvalue weighted by molar-refractivity contribution is 0.0993. The second-order valence-corrected chi connectivity index (χ2v) is 8.57. The summed E-state index contributed by atoms with van der Waals surface area (Å²) in [6.45, 7) is 6.45. The molecule has 0 aliphatic carbocycles. The van der Waals surface area contributed by atoms with Crippen molar-refractivity contribution in [3.05, 3.63) is 54.1 Å². The predicted molar refractivity (Wildman–Crippen MR) is 108 cm³/mol. The molecule has 6 nitrogen and oxygen atoms in total. The summed E-state index contributed by atoms with van der Waals surface area (Å²) in [6, 6.07) is 14.0. The van der Waals surface area contributed by atoms with Crippen LogP contribution in [0.15, 0.2) is 57.8 Å². The minimum atomic E-state index is -3.83. The number of hydrogen-bond acceptors (Lipinski definition) is 4. The van der Waals surface area contributed by atoms with Crippen molar-refractivity contribution in [2.24, 2.45) is 10.3 Å². The van der Waals surface area contributed by atoms with Crippen molar-refractivity contribution >= 4 is 33.1 Å². The van der Waals surface area contributed by atoms with E-state index >= 15 is 0 Å². The monoisotopic (exact) mass is 385 g/mol. The van der Waals surface area contributed by atoms with Crippen molar-refractivity contribution in [2.45, 2.75) is 25.7 Å². The molecular weight excluding hydrogens is 362 g/mol. The van der Waals surface area contributed by atoms with Crippen LogP contribution in [0.3, 0.4) is 0 Å². The maximum atomic E-state index is 12.8. The van der Waals surface area contributed by atoms with Crippen molar-refractivity contribution in [3.8, 4) is 0 Å². The zero-order chi connectivity index (χ0) is 19.8. The topological polar surface area (TPSA) is 70.0 Å². The third-order valence-corrected chi connectivity index (χ3v) is 5.80. The molecule has 0 fully saturated rings. The fourth-order valence-corrected chi connectivity index (χ4v) is 4.34. The third kappa shape index (κ3) is 3.73. The van der Waals surface area contributed by atoms with Crippen molar-refractivity contribution in [1.29, 1.82) is 0 Å². The molecule has 0 atom stereocenters. The number of nitrogens with zero attached hydrogens (tertiary/aromatic N) is 3. The van der Waals surface area contributed by atoms with Gasteiger partial charge in [-0.05, 0) is 43.2 Å².